The van der Waals surface area contributed by atoms with Crippen molar-refractivity contribution in [2.45, 2.75) is 31.2 Å². The molecule has 6 nitrogen and oxygen atoms in total. The molecule has 2 saturated heterocycles. The second-order valence-electron chi connectivity index (χ2n) is 8.61. The number of rotatable bonds is 3. The summed E-state index contributed by atoms with van der Waals surface area (Å²) in [5.74, 6) is 1.07. The van der Waals surface area contributed by atoms with Crippen LogP contribution in [0.2, 0.25) is 0 Å². The van der Waals surface area contributed by atoms with Crippen molar-refractivity contribution in [3.8, 4) is 0 Å². The second-order valence-corrected chi connectivity index (χ2v) is 9.40. The zero-order chi connectivity index (χ0) is 20.0. The van der Waals surface area contributed by atoms with E-state index in [-0.39, 0.29) is 6.09 Å². The van der Waals surface area contributed by atoms with Crippen molar-refractivity contribution in [2.24, 2.45) is 5.92 Å². The van der Waals surface area contributed by atoms with E-state index in [1.165, 1.54) is 22.0 Å². The lowest BCUT2D eigenvalue weighted by atomic mass is 9.72. The van der Waals surface area contributed by atoms with Crippen LogP contribution >= 0.6 is 15.9 Å². The largest absolute Gasteiger partial charge is 0.449 e. The molecule has 29 heavy (non-hydrogen) atoms. The van der Waals surface area contributed by atoms with Gasteiger partial charge in [0, 0.05) is 42.5 Å². The number of aromatic nitrogens is 1. The maximum Gasteiger partial charge on any atom is 0.409 e. The molecule has 2 fully saturated rings. The number of likely N-dealkylation sites (tertiary alicyclic amines) is 1. The van der Waals surface area contributed by atoms with Crippen molar-refractivity contribution < 1.29 is 14.3 Å². The van der Waals surface area contributed by atoms with E-state index < -0.39 is 0 Å². The number of ether oxygens (including phenoxy) is 2. The number of halogens is 1. The third kappa shape index (κ3) is 3.57. The molecule has 1 aromatic carbocycles. The normalized spacial score (nSPS) is 27.1. The summed E-state index contributed by atoms with van der Waals surface area (Å²) in [4.78, 5) is 20.0. The van der Waals surface area contributed by atoms with Gasteiger partial charge >= 0.3 is 6.09 Å². The summed E-state index contributed by atoms with van der Waals surface area (Å²) >= 11 is 3.73. The van der Waals surface area contributed by atoms with Crippen LogP contribution < -0.4 is 0 Å². The number of piperidine rings is 1. The SMILES string of the molecule is CN1CC(CCOC(=O)N2CCOCC2)C[C@H]2c3cccc4[nH]c(Br)c(c34)C[C@@H]21. The van der Waals surface area contributed by atoms with Gasteiger partial charge in [-0.15, -0.1) is 0 Å². The Balaban J connectivity index is 1.26. The molecule has 1 unspecified atom stereocenters. The first-order valence-corrected chi connectivity index (χ1v) is 11.4. The molecule has 3 aliphatic rings. The highest BCUT2D eigenvalue weighted by Gasteiger charge is 2.40. The van der Waals surface area contributed by atoms with Gasteiger partial charge in [-0.05, 0) is 65.4 Å². The standard InChI is InChI=1S/C22H28BrN3O3/c1-25-13-14(5-8-29-22(27)26-6-9-28-10-7-26)11-16-15-3-2-4-18-20(15)17(12-19(16)25)21(23)24-18/h2-4,14,16,19,24H,5-13H2,1H3/t14?,16-,19-/m0/s1. The van der Waals surface area contributed by atoms with E-state index in [4.69, 9.17) is 9.47 Å². The van der Waals surface area contributed by atoms with E-state index in [9.17, 15) is 4.79 Å². The van der Waals surface area contributed by atoms with E-state index in [1.54, 1.807) is 4.90 Å². The van der Waals surface area contributed by atoms with Crippen molar-refractivity contribution >= 4 is 32.9 Å². The molecule has 2 aromatic rings. The van der Waals surface area contributed by atoms with Crippen molar-refractivity contribution in [2.75, 3.05) is 46.5 Å². The van der Waals surface area contributed by atoms with Gasteiger partial charge in [0.25, 0.3) is 0 Å². The van der Waals surface area contributed by atoms with Crippen LogP contribution in [0.5, 0.6) is 0 Å². The zero-order valence-electron chi connectivity index (χ0n) is 16.8. The Kier molecular flexibility index (Phi) is 5.30. The Bertz CT molecular complexity index is 908. The van der Waals surface area contributed by atoms with Gasteiger partial charge < -0.3 is 24.3 Å². The van der Waals surface area contributed by atoms with Crippen LogP contribution in [0.4, 0.5) is 4.79 Å². The summed E-state index contributed by atoms with van der Waals surface area (Å²) in [6.45, 7) is 4.03. The van der Waals surface area contributed by atoms with Crippen LogP contribution in [0, 0.1) is 5.92 Å². The van der Waals surface area contributed by atoms with Gasteiger partial charge in [-0.25, -0.2) is 4.79 Å². The highest BCUT2D eigenvalue weighted by molar-refractivity contribution is 9.10. The predicted octanol–water partition coefficient (Wildman–Crippen LogP) is 3.75. The number of carbonyl (C=O) groups excluding carboxylic acids is 1. The molecule has 5 rings (SSSR count). The van der Waals surface area contributed by atoms with Gasteiger partial charge in [0.15, 0.2) is 0 Å². The molecule has 1 aromatic heterocycles. The Labute approximate surface area is 179 Å². The summed E-state index contributed by atoms with van der Waals surface area (Å²) < 4.78 is 12.0. The number of fused-ring (bicyclic) bond motifs is 2. The summed E-state index contributed by atoms with van der Waals surface area (Å²) in [5, 5.41) is 1.41. The molecule has 0 spiro atoms. The van der Waals surface area contributed by atoms with Crippen molar-refractivity contribution in [1.82, 2.24) is 14.8 Å². The molecule has 156 valence electrons. The van der Waals surface area contributed by atoms with Crippen LogP contribution in [0.1, 0.15) is 29.9 Å². The molecule has 1 N–H and O–H groups in total. The lowest BCUT2D eigenvalue weighted by Gasteiger charge is -2.45. The average Bonchev–Trinajstić information content (AvgIpc) is 3.06. The highest BCUT2D eigenvalue weighted by atomic mass is 79.9. The molecule has 0 bridgehead atoms. The number of benzene rings is 1. The Hall–Kier alpha value is -1.57. The average molecular weight is 462 g/mol. The molecule has 7 heteroatoms. The lowest BCUT2D eigenvalue weighted by molar-refractivity contribution is 0.0232. The van der Waals surface area contributed by atoms with E-state index in [2.05, 4.69) is 51.1 Å². The molecule has 3 heterocycles. The third-order valence-electron chi connectivity index (χ3n) is 6.91. The van der Waals surface area contributed by atoms with Crippen LogP contribution in [-0.4, -0.2) is 73.4 Å². The van der Waals surface area contributed by atoms with Gasteiger partial charge in [0.2, 0.25) is 0 Å². The molecule has 0 radical (unpaired) electrons. The van der Waals surface area contributed by atoms with Gasteiger partial charge in [0.05, 0.1) is 24.4 Å². The number of carbonyl (C=O) groups is 1. The Morgan fingerprint density at radius 2 is 2.17 bits per heavy atom. The topological polar surface area (TPSA) is 57.8 Å². The quantitative estimate of drug-likeness (QED) is 0.755. The minimum atomic E-state index is -0.195. The van der Waals surface area contributed by atoms with E-state index in [0.717, 1.165) is 30.4 Å². The molecular weight excluding hydrogens is 434 g/mol. The van der Waals surface area contributed by atoms with Crippen LogP contribution in [0.3, 0.4) is 0 Å². The summed E-state index contributed by atoms with van der Waals surface area (Å²) in [6.07, 6.45) is 2.96. The van der Waals surface area contributed by atoms with Crippen LogP contribution in [0.15, 0.2) is 22.8 Å². The second kappa shape index (κ2) is 7.93. The van der Waals surface area contributed by atoms with E-state index in [0.29, 0.717) is 50.8 Å². The first-order valence-electron chi connectivity index (χ1n) is 10.6. The predicted molar refractivity (Wildman–Crippen MR) is 115 cm³/mol. The summed E-state index contributed by atoms with van der Waals surface area (Å²) in [6, 6.07) is 7.17. The van der Waals surface area contributed by atoms with E-state index in [1.807, 2.05) is 0 Å². The molecular formula is C22H28BrN3O3. The Morgan fingerprint density at radius 1 is 1.34 bits per heavy atom. The fourth-order valence-electron chi connectivity index (χ4n) is 5.46. The number of H-pyrrole nitrogens is 1. The fraction of sp³-hybridized carbons (Fsp3) is 0.591. The maximum absolute atomic E-state index is 12.2. The zero-order valence-corrected chi connectivity index (χ0v) is 18.4. The number of amides is 1. The molecule has 0 saturated carbocycles. The lowest BCUT2D eigenvalue weighted by Crippen LogP contribution is -2.48. The number of nitrogens with zero attached hydrogens (tertiary/aromatic N) is 2. The van der Waals surface area contributed by atoms with Gasteiger partial charge in [-0.1, -0.05) is 12.1 Å². The van der Waals surface area contributed by atoms with Gasteiger partial charge in [-0.3, -0.25) is 0 Å². The first-order chi connectivity index (χ1) is 14.1. The molecule has 1 amide bonds. The fourth-order valence-corrected chi connectivity index (χ4v) is 6.03. The smallest absolute Gasteiger partial charge is 0.409 e. The van der Waals surface area contributed by atoms with Crippen molar-refractivity contribution in [3.63, 3.8) is 0 Å². The van der Waals surface area contributed by atoms with Crippen molar-refractivity contribution in [1.29, 1.82) is 0 Å². The van der Waals surface area contributed by atoms with Gasteiger partial charge in [0.1, 0.15) is 0 Å². The van der Waals surface area contributed by atoms with Gasteiger partial charge in [-0.2, -0.15) is 0 Å². The molecule has 1 aliphatic carbocycles. The van der Waals surface area contributed by atoms with Crippen molar-refractivity contribution in [3.05, 3.63) is 33.9 Å². The number of likely N-dealkylation sites (N-methyl/N-ethyl adjacent to an activating group) is 1. The maximum atomic E-state index is 12.2. The molecule has 2 aliphatic heterocycles. The highest BCUT2D eigenvalue weighted by Crippen LogP contribution is 2.46. The number of nitrogens with one attached hydrogen (secondary N) is 1. The Morgan fingerprint density at radius 3 is 3.00 bits per heavy atom. The summed E-state index contributed by atoms with van der Waals surface area (Å²) in [7, 11) is 2.25. The number of morpholine rings is 1. The molecule has 3 atom stereocenters. The van der Waals surface area contributed by atoms with Crippen LogP contribution in [-0.2, 0) is 15.9 Å². The monoisotopic (exact) mass is 461 g/mol. The first kappa shape index (κ1) is 19.4. The van der Waals surface area contributed by atoms with Crippen LogP contribution in [0.25, 0.3) is 10.9 Å². The third-order valence-corrected chi connectivity index (χ3v) is 7.58. The number of aromatic amines is 1. The number of hydrogen-bond acceptors (Lipinski definition) is 4. The number of hydrogen-bond donors (Lipinski definition) is 1. The minimum absolute atomic E-state index is 0.195. The minimum Gasteiger partial charge on any atom is -0.449 e. The summed E-state index contributed by atoms with van der Waals surface area (Å²) in [5.41, 5.74) is 4.12. The van der Waals surface area contributed by atoms with E-state index >= 15 is 0 Å².